The molecule has 1 aromatic rings. The number of fused-ring (bicyclic) bond motifs is 1. The van der Waals surface area contributed by atoms with Gasteiger partial charge in [-0.2, -0.15) is 0 Å². The summed E-state index contributed by atoms with van der Waals surface area (Å²) in [5.74, 6) is -0.0258. The zero-order valence-corrected chi connectivity index (χ0v) is 12.2. The molecule has 104 valence electrons. The molecule has 2 aliphatic rings. The summed E-state index contributed by atoms with van der Waals surface area (Å²) in [6.07, 6.45) is 0.954. The van der Waals surface area contributed by atoms with E-state index in [0.717, 1.165) is 12.1 Å². The molecule has 0 bridgehead atoms. The van der Waals surface area contributed by atoms with Crippen molar-refractivity contribution in [3.8, 4) is 0 Å². The minimum absolute atomic E-state index is 0.0984. The van der Waals surface area contributed by atoms with Crippen molar-refractivity contribution in [2.45, 2.75) is 38.8 Å². The van der Waals surface area contributed by atoms with Crippen molar-refractivity contribution in [1.29, 1.82) is 0 Å². The summed E-state index contributed by atoms with van der Waals surface area (Å²) in [6, 6.07) is 0. The number of ether oxygens (including phenoxy) is 1. The summed E-state index contributed by atoms with van der Waals surface area (Å²) in [7, 11) is 0. The van der Waals surface area contributed by atoms with E-state index in [4.69, 9.17) is 10.5 Å². The van der Waals surface area contributed by atoms with Gasteiger partial charge < -0.3 is 15.8 Å². The largest absolute Gasteiger partial charge is 0.377 e. The van der Waals surface area contributed by atoms with Crippen molar-refractivity contribution in [1.82, 2.24) is 4.98 Å². The Kier molecular flexibility index (Phi) is 2.75. The second kappa shape index (κ2) is 4.01. The average Bonchev–Trinajstić information content (AvgIpc) is 2.96. The van der Waals surface area contributed by atoms with Crippen LogP contribution in [0.4, 0.5) is 5.13 Å². The van der Waals surface area contributed by atoms with Crippen LogP contribution in [-0.2, 0) is 9.53 Å². The Balaban J connectivity index is 1.82. The Labute approximate surface area is 116 Å². The fourth-order valence-corrected chi connectivity index (χ4v) is 4.14. The third-order valence-electron chi connectivity index (χ3n) is 4.67. The topological polar surface area (TPSA) is 77.2 Å². The van der Waals surface area contributed by atoms with Gasteiger partial charge in [-0.1, -0.05) is 13.8 Å². The molecular weight excluding hydrogens is 262 g/mol. The normalized spacial score (nSPS) is 35.6. The fraction of sp³-hybridized carbons (Fsp3) is 0.692. The van der Waals surface area contributed by atoms with Crippen molar-refractivity contribution >= 4 is 22.4 Å². The highest BCUT2D eigenvalue weighted by atomic mass is 32.1. The predicted octanol–water partition coefficient (Wildman–Crippen LogP) is 1.53. The molecule has 0 spiro atoms. The van der Waals surface area contributed by atoms with E-state index in [1.807, 2.05) is 26.2 Å². The van der Waals surface area contributed by atoms with Crippen molar-refractivity contribution in [3.05, 3.63) is 11.1 Å². The van der Waals surface area contributed by atoms with E-state index < -0.39 is 5.54 Å². The molecular formula is C13H19N3O2S. The number of hydrogen-bond donors (Lipinski definition) is 2. The highest BCUT2D eigenvalue weighted by Gasteiger charge is 2.71. The zero-order chi connectivity index (χ0) is 13.8. The SMILES string of the molecule is Cc1csc(NC(=O)C2(N)C3CCOC3C2(C)C)n1. The van der Waals surface area contributed by atoms with E-state index in [-0.39, 0.29) is 23.3 Å². The maximum Gasteiger partial charge on any atom is 0.247 e. The summed E-state index contributed by atoms with van der Waals surface area (Å²) in [4.78, 5) is 16.8. The molecule has 3 rings (SSSR count). The third-order valence-corrected chi connectivity index (χ3v) is 5.54. The highest BCUT2D eigenvalue weighted by molar-refractivity contribution is 7.13. The van der Waals surface area contributed by atoms with Crippen molar-refractivity contribution < 1.29 is 9.53 Å². The molecule has 1 aliphatic heterocycles. The molecule has 19 heavy (non-hydrogen) atoms. The average molecular weight is 281 g/mol. The van der Waals surface area contributed by atoms with Crippen LogP contribution in [0.2, 0.25) is 0 Å². The van der Waals surface area contributed by atoms with E-state index in [9.17, 15) is 4.79 Å². The number of carbonyl (C=O) groups is 1. The van der Waals surface area contributed by atoms with Gasteiger partial charge in [-0.25, -0.2) is 4.98 Å². The van der Waals surface area contributed by atoms with E-state index in [2.05, 4.69) is 10.3 Å². The molecule has 2 fully saturated rings. The number of thiazole rings is 1. The summed E-state index contributed by atoms with van der Waals surface area (Å²) < 4.78 is 5.69. The maximum atomic E-state index is 12.6. The van der Waals surface area contributed by atoms with Gasteiger partial charge in [-0.05, 0) is 13.3 Å². The van der Waals surface area contributed by atoms with Gasteiger partial charge in [0.15, 0.2) is 5.13 Å². The standard InChI is InChI=1S/C13H19N3O2S/c1-7-6-19-11(15-7)16-10(17)13(14)8-4-5-18-9(8)12(13,2)3/h6,8-9H,4-5,14H2,1-3H3,(H,15,16,17). The van der Waals surface area contributed by atoms with E-state index in [1.165, 1.54) is 11.3 Å². The Morgan fingerprint density at radius 1 is 1.63 bits per heavy atom. The number of aryl methyl sites for hydroxylation is 1. The fourth-order valence-electron chi connectivity index (χ4n) is 3.46. The summed E-state index contributed by atoms with van der Waals surface area (Å²) in [6.45, 7) is 6.61. The number of nitrogens with two attached hydrogens (primary N) is 1. The van der Waals surface area contributed by atoms with Crippen molar-refractivity contribution in [3.63, 3.8) is 0 Å². The Bertz CT molecular complexity index is 528. The molecule has 3 atom stereocenters. The molecule has 0 aromatic carbocycles. The van der Waals surface area contributed by atoms with Crippen LogP contribution in [0.25, 0.3) is 0 Å². The van der Waals surface area contributed by atoms with Crippen LogP contribution in [-0.4, -0.2) is 29.1 Å². The number of anilines is 1. The summed E-state index contributed by atoms with van der Waals surface area (Å²) in [5, 5.41) is 5.39. The van der Waals surface area contributed by atoms with E-state index in [0.29, 0.717) is 11.7 Å². The molecule has 1 aromatic heterocycles. The number of carbonyl (C=O) groups excluding carboxylic acids is 1. The van der Waals surface area contributed by atoms with Crippen LogP contribution in [0, 0.1) is 18.3 Å². The lowest BCUT2D eigenvalue weighted by atomic mass is 9.48. The molecule has 1 amide bonds. The van der Waals surface area contributed by atoms with Gasteiger partial charge in [0.1, 0.15) is 5.54 Å². The quantitative estimate of drug-likeness (QED) is 0.862. The van der Waals surface area contributed by atoms with Crippen LogP contribution in [0.3, 0.4) is 0 Å². The molecule has 1 aliphatic carbocycles. The lowest BCUT2D eigenvalue weighted by molar-refractivity contribution is -0.170. The molecule has 6 heteroatoms. The second-order valence-electron chi connectivity index (χ2n) is 6.03. The van der Waals surface area contributed by atoms with Gasteiger partial charge in [-0.15, -0.1) is 11.3 Å². The lowest BCUT2D eigenvalue weighted by Crippen LogP contribution is -2.79. The predicted molar refractivity (Wildman–Crippen MR) is 74.0 cm³/mol. The number of rotatable bonds is 2. The number of aromatic nitrogens is 1. The van der Waals surface area contributed by atoms with Gasteiger partial charge in [0.05, 0.1) is 11.8 Å². The lowest BCUT2D eigenvalue weighted by Gasteiger charge is -2.60. The Morgan fingerprint density at radius 3 is 3.00 bits per heavy atom. The first-order chi connectivity index (χ1) is 8.87. The first-order valence-corrected chi connectivity index (χ1v) is 7.39. The summed E-state index contributed by atoms with van der Waals surface area (Å²) >= 11 is 1.42. The van der Waals surface area contributed by atoms with Crippen LogP contribution in [0.15, 0.2) is 5.38 Å². The number of hydrogen-bond acceptors (Lipinski definition) is 5. The van der Waals surface area contributed by atoms with Crippen LogP contribution >= 0.6 is 11.3 Å². The minimum Gasteiger partial charge on any atom is -0.377 e. The molecule has 1 saturated heterocycles. The zero-order valence-electron chi connectivity index (χ0n) is 11.4. The minimum atomic E-state index is -0.867. The van der Waals surface area contributed by atoms with Crippen molar-refractivity contribution in [2.75, 3.05) is 11.9 Å². The Morgan fingerprint density at radius 2 is 2.37 bits per heavy atom. The van der Waals surface area contributed by atoms with Crippen molar-refractivity contribution in [2.24, 2.45) is 17.1 Å². The van der Waals surface area contributed by atoms with Crippen LogP contribution in [0.5, 0.6) is 0 Å². The molecule has 3 N–H and O–H groups in total. The van der Waals surface area contributed by atoms with Gasteiger partial charge in [0, 0.05) is 23.3 Å². The van der Waals surface area contributed by atoms with Gasteiger partial charge >= 0.3 is 0 Å². The Hall–Kier alpha value is -0.980. The molecule has 2 heterocycles. The second-order valence-corrected chi connectivity index (χ2v) is 6.88. The van der Waals surface area contributed by atoms with Gasteiger partial charge in [0.25, 0.3) is 0 Å². The monoisotopic (exact) mass is 281 g/mol. The first kappa shape index (κ1) is 13.0. The highest BCUT2D eigenvalue weighted by Crippen LogP contribution is 2.58. The van der Waals surface area contributed by atoms with Crippen LogP contribution in [0.1, 0.15) is 26.0 Å². The molecule has 3 unspecified atom stereocenters. The molecule has 0 radical (unpaired) electrons. The number of nitrogens with zero attached hydrogens (tertiary/aromatic N) is 1. The number of nitrogens with one attached hydrogen (secondary N) is 1. The maximum absolute atomic E-state index is 12.6. The van der Waals surface area contributed by atoms with E-state index >= 15 is 0 Å². The number of amides is 1. The summed E-state index contributed by atoms with van der Waals surface area (Å²) in [5.41, 5.74) is 6.14. The van der Waals surface area contributed by atoms with Crippen LogP contribution < -0.4 is 11.1 Å². The van der Waals surface area contributed by atoms with Gasteiger partial charge in [0.2, 0.25) is 5.91 Å². The van der Waals surface area contributed by atoms with E-state index in [1.54, 1.807) is 0 Å². The smallest absolute Gasteiger partial charge is 0.247 e. The van der Waals surface area contributed by atoms with Gasteiger partial charge in [-0.3, -0.25) is 4.79 Å². The first-order valence-electron chi connectivity index (χ1n) is 6.51. The third kappa shape index (κ3) is 1.60. The molecule has 5 nitrogen and oxygen atoms in total. The molecule has 1 saturated carbocycles.